The molecule has 1 aliphatic rings. The fourth-order valence-electron chi connectivity index (χ4n) is 2.32. The van der Waals surface area contributed by atoms with Crippen LogP contribution in [0.1, 0.15) is 10.4 Å². The Morgan fingerprint density at radius 2 is 1.81 bits per heavy atom. The summed E-state index contributed by atoms with van der Waals surface area (Å²) in [6.07, 6.45) is 0. The van der Waals surface area contributed by atoms with Gasteiger partial charge in [0.1, 0.15) is 5.75 Å². The third kappa shape index (κ3) is 2.17. The van der Waals surface area contributed by atoms with E-state index in [1.807, 2.05) is 0 Å². The molecule has 5 nitrogen and oxygen atoms in total. The first kappa shape index (κ1) is 13.6. The molecule has 0 saturated heterocycles. The lowest BCUT2D eigenvalue weighted by atomic mass is 10.1. The number of benzene rings is 2. The molecule has 0 radical (unpaired) electrons. The van der Waals surface area contributed by atoms with E-state index in [1.54, 1.807) is 36.4 Å². The predicted molar refractivity (Wildman–Crippen MR) is 78.3 cm³/mol. The SMILES string of the molecule is COc1ccc2c(c1)C(=O)CN2S(=O)(=O)c1ccccc1. The molecule has 3 rings (SSSR count). The minimum atomic E-state index is -3.73. The molecule has 0 aliphatic carbocycles. The van der Waals surface area contributed by atoms with E-state index in [9.17, 15) is 13.2 Å². The normalized spacial score (nSPS) is 14.1. The van der Waals surface area contributed by atoms with Gasteiger partial charge in [-0.15, -0.1) is 0 Å². The molecule has 0 atom stereocenters. The summed E-state index contributed by atoms with van der Waals surface area (Å²) >= 11 is 0. The summed E-state index contributed by atoms with van der Waals surface area (Å²) in [5, 5.41) is 0. The zero-order valence-corrected chi connectivity index (χ0v) is 12.1. The number of rotatable bonds is 3. The Bertz CT molecular complexity index is 800. The summed E-state index contributed by atoms with van der Waals surface area (Å²) in [7, 11) is -2.23. The van der Waals surface area contributed by atoms with Crippen molar-refractivity contribution in [1.29, 1.82) is 0 Å². The average molecular weight is 303 g/mol. The third-order valence-corrected chi connectivity index (χ3v) is 5.17. The van der Waals surface area contributed by atoms with E-state index >= 15 is 0 Å². The number of ketones is 1. The molecule has 0 amide bonds. The van der Waals surface area contributed by atoms with Gasteiger partial charge in [0, 0.05) is 5.56 Å². The van der Waals surface area contributed by atoms with Crippen LogP contribution in [0.2, 0.25) is 0 Å². The third-order valence-electron chi connectivity index (χ3n) is 3.39. The Labute approximate surface area is 122 Å². The van der Waals surface area contributed by atoms with E-state index in [0.29, 0.717) is 17.0 Å². The van der Waals surface area contributed by atoms with Gasteiger partial charge in [0.2, 0.25) is 0 Å². The van der Waals surface area contributed by atoms with Crippen LogP contribution < -0.4 is 9.04 Å². The summed E-state index contributed by atoms with van der Waals surface area (Å²) in [4.78, 5) is 12.2. The van der Waals surface area contributed by atoms with E-state index in [1.165, 1.54) is 19.2 Å². The van der Waals surface area contributed by atoms with Gasteiger partial charge in [-0.3, -0.25) is 9.10 Å². The van der Waals surface area contributed by atoms with Gasteiger partial charge in [-0.1, -0.05) is 18.2 Å². The summed E-state index contributed by atoms with van der Waals surface area (Å²) in [5.41, 5.74) is 0.763. The fourth-order valence-corrected chi connectivity index (χ4v) is 3.78. The number of ether oxygens (including phenoxy) is 1. The Balaban J connectivity index is 2.10. The highest BCUT2D eigenvalue weighted by molar-refractivity contribution is 7.93. The van der Waals surface area contributed by atoms with Crippen molar-refractivity contribution in [3.63, 3.8) is 0 Å². The predicted octanol–water partition coefficient (Wildman–Crippen LogP) is 2.09. The molecule has 0 bridgehead atoms. The maximum absolute atomic E-state index is 12.6. The van der Waals surface area contributed by atoms with E-state index in [4.69, 9.17) is 4.74 Å². The molecule has 0 aromatic heterocycles. The highest BCUT2D eigenvalue weighted by Gasteiger charge is 2.35. The van der Waals surface area contributed by atoms with Crippen LogP contribution in [-0.4, -0.2) is 27.9 Å². The fraction of sp³-hybridized carbons (Fsp3) is 0.133. The number of nitrogens with zero attached hydrogens (tertiary/aromatic N) is 1. The standard InChI is InChI=1S/C15H13NO4S/c1-20-11-7-8-14-13(9-11)15(17)10-16(14)21(18,19)12-5-3-2-4-6-12/h2-9H,10H2,1H3. The minimum Gasteiger partial charge on any atom is -0.497 e. The largest absolute Gasteiger partial charge is 0.497 e. The van der Waals surface area contributed by atoms with Gasteiger partial charge in [0.05, 0.1) is 24.2 Å². The van der Waals surface area contributed by atoms with Gasteiger partial charge in [0.15, 0.2) is 5.78 Å². The van der Waals surface area contributed by atoms with Crippen molar-refractivity contribution in [2.45, 2.75) is 4.90 Å². The van der Waals surface area contributed by atoms with Crippen LogP contribution in [0, 0.1) is 0 Å². The van der Waals surface area contributed by atoms with Crippen LogP contribution in [0.3, 0.4) is 0 Å². The highest BCUT2D eigenvalue weighted by Crippen LogP contribution is 2.35. The minimum absolute atomic E-state index is 0.168. The lowest BCUT2D eigenvalue weighted by Crippen LogP contribution is -2.30. The number of carbonyl (C=O) groups is 1. The van der Waals surface area contributed by atoms with Crippen LogP contribution >= 0.6 is 0 Å². The first-order valence-corrected chi connectivity index (χ1v) is 7.77. The molecule has 0 fully saturated rings. The average Bonchev–Trinajstić information content (AvgIpc) is 2.85. The molecule has 0 unspecified atom stereocenters. The molecule has 0 N–H and O–H groups in total. The Morgan fingerprint density at radius 1 is 1.10 bits per heavy atom. The van der Waals surface area contributed by atoms with Crippen molar-refractivity contribution >= 4 is 21.5 Å². The van der Waals surface area contributed by atoms with Gasteiger partial charge >= 0.3 is 0 Å². The van der Waals surface area contributed by atoms with E-state index in [2.05, 4.69) is 0 Å². The topological polar surface area (TPSA) is 63.7 Å². The molecule has 6 heteroatoms. The van der Waals surface area contributed by atoms with Crippen LogP contribution in [0.4, 0.5) is 5.69 Å². The smallest absolute Gasteiger partial charge is 0.264 e. The second-order valence-corrected chi connectivity index (χ2v) is 6.49. The van der Waals surface area contributed by atoms with Crippen molar-refractivity contribution in [3.8, 4) is 5.75 Å². The summed E-state index contributed by atoms with van der Waals surface area (Å²) in [6.45, 7) is -0.181. The summed E-state index contributed by atoms with van der Waals surface area (Å²) in [5.74, 6) is 0.296. The number of anilines is 1. The van der Waals surface area contributed by atoms with Crippen LogP contribution in [0.25, 0.3) is 0 Å². The summed E-state index contributed by atoms with van der Waals surface area (Å²) < 4.78 is 31.5. The maximum atomic E-state index is 12.6. The van der Waals surface area contributed by atoms with Crippen molar-refractivity contribution < 1.29 is 17.9 Å². The molecule has 2 aromatic rings. The van der Waals surface area contributed by atoms with Gasteiger partial charge in [-0.2, -0.15) is 0 Å². The van der Waals surface area contributed by atoms with Crippen molar-refractivity contribution in [1.82, 2.24) is 0 Å². The molecule has 1 heterocycles. The lowest BCUT2D eigenvalue weighted by molar-refractivity contribution is 0.101. The second kappa shape index (κ2) is 4.89. The van der Waals surface area contributed by atoms with E-state index in [0.717, 1.165) is 4.31 Å². The van der Waals surface area contributed by atoms with Crippen molar-refractivity contribution in [3.05, 3.63) is 54.1 Å². The molecular formula is C15H13NO4S. The van der Waals surface area contributed by atoms with Gasteiger partial charge in [0.25, 0.3) is 10.0 Å². The number of carbonyl (C=O) groups excluding carboxylic acids is 1. The first-order valence-electron chi connectivity index (χ1n) is 6.33. The van der Waals surface area contributed by atoms with E-state index < -0.39 is 10.0 Å². The van der Waals surface area contributed by atoms with Gasteiger partial charge in [-0.05, 0) is 30.3 Å². The van der Waals surface area contributed by atoms with Gasteiger partial charge < -0.3 is 4.74 Å². The number of Topliss-reactive ketones (excluding diaryl/α,β-unsaturated/α-hetero) is 1. The quantitative estimate of drug-likeness (QED) is 0.871. The Morgan fingerprint density at radius 3 is 2.48 bits per heavy atom. The summed E-state index contributed by atoms with van der Waals surface area (Å²) in [6, 6.07) is 12.9. The molecular weight excluding hydrogens is 290 g/mol. The Kier molecular flexibility index (Phi) is 3.17. The lowest BCUT2D eigenvalue weighted by Gasteiger charge is -2.18. The monoisotopic (exact) mass is 303 g/mol. The number of methoxy groups -OCH3 is 1. The second-order valence-electron chi connectivity index (χ2n) is 4.63. The molecule has 1 aliphatic heterocycles. The van der Waals surface area contributed by atoms with Crippen molar-refractivity contribution in [2.75, 3.05) is 18.0 Å². The van der Waals surface area contributed by atoms with Crippen LogP contribution in [0.15, 0.2) is 53.4 Å². The maximum Gasteiger partial charge on any atom is 0.264 e. The number of hydrogen-bond donors (Lipinski definition) is 0. The Hall–Kier alpha value is -2.34. The zero-order chi connectivity index (χ0) is 15.0. The van der Waals surface area contributed by atoms with Gasteiger partial charge in [-0.25, -0.2) is 8.42 Å². The van der Waals surface area contributed by atoms with Crippen molar-refractivity contribution in [2.24, 2.45) is 0 Å². The highest BCUT2D eigenvalue weighted by atomic mass is 32.2. The van der Waals surface area contributed by atoms with Crippen LogP contribution in [-0.2, 0) is 10.0 Å². The molecule has 0 saturated carbocycles. The molecule has 108 valence electrons. The molecule has 2 aromatic carbocycles. The number of fused-ring (bicyclic) bond motifs is 1. The van der Waals surface area contributed by atoms with Crippen LogP contribution in [0.5, 0.6) is 5.75 Å². The van der Waals surface area contributed by atoms with E-state index in [-0.39, 0.29) is 17.2 Å². The number of sulfonamides is 1. The number of hydrogen-bond acceptors (Lipinski definition) is 4. The molecule has 0 spiro atoms. The molecule has 21 heavy (non-hydrogen) atoms. The first-order chi connectivity index (χ1) is 10.0. The zero-order valence-electron chi connectivity index (χ0n) is 11.3.